The van der Waals surface area contributed by atoms with Crippen LogP contribution >= 0.6 is 11.6 Å². The minimum atomic E-state index is 0.320. The van der Waals surface area contributed by atoms with Crippen LogP contribution in [0, 0.1) is 13.8 Å². The van der Waals surface area contributed by atoms with E-state index in [0.717, 1.165) is 36.6 Å². The number of pyridine rings is 1. The molecule has 1 aliphatic heterocycles. The van der Waals surface area contributed by atoms with Gasteiger partial charge in [0.25, 0.3) is 0 Å². The molecule has 0 radical (unpaired) electrons. The lowest BCUT2D eigenvalue weighted by Gasteiger charge is -2.21. The van der Waals surface area contributed by atoms with Gasteiger partial charge in [-0.25, -0.2) is 4.98 Å². The van der Waals surface area contributed by atoms with Crippen molar-refractivity contribution in [3.8, 4) is 0 Å². The van der Waals surface area contributed by atoms with Crippen molar-refractivity contribution in [3.05, 3.63) is 22.9 Å². The van der Waals surface area contributed by atoms with E-state index < -0.39 is 0 Å². The van der Waals surface area contributed by atoms with Crippen LogP contribution in [0.2, 0.25) is 0 Å². The predicted octanol–water partition coefficient (Wildman–Crippen LogP) is 2.66. The van der Waals surface area contributed by atoms with Crippen molar-refractivity contribution in [2.75, 3.05) is 25.1 Å². The summed E-state index contributed by atoms with van der Waals surface area (Å²) in [6, 6.07) is 2.09. The second kappa shape index (κ2) is 5.23. The van der Waals surface area contributed by atoms with Crippen LogP contribution < -0.4 is 4.90 Å². The van der Waals surface area contributed by atoms with Crippen molar-refractivity contribution in [2.45, 2.75) is 32.3 Å². The first-order valence-electron chi connectivity index (χ1n) is 5.96. The maximum atomic E-state index is 6.04. The molecule has 4 heteroatoms. The number of alkyl halides is 1. The zero-order valence-corrected chi connectivity index (χ0v) is 11.4. The van der Waals surface area contributed by atoms with Gasteiger partial charge in [-0.1, -0.05) is 0 Å². The molecule has 1 saturated heterocycles. The Labute approximate surface area is 108 Å². The van der Waals surface area contributed by atoms with Crippen LogP contribution in [-0.4, -0.2) is 31.3 Å². The van der Waals surface area contributed by atoms with Gasteiger partial charge in [0.05, 0.1) is 12.0 Å². The Morgan fingerprint density at radius 3 is 2.88 bits per heavy atom. The summed E-state index contributed by atoms with van der Waals surface area (Å²) >= 11 is 6.04. The van der Waals surface area contributed by atoms with E-state index in [4.69, 9.17) is 16.3 Å². The van der Waals surface area contributed by atoms with E-state index >= 15 is 0 Å². The third-order valence-corrected chi connectivity index (χ3v) is 3.63. The monoisotopic (exact) mass is 254 g/mol. The zero-order valence-electron chi connectivity index (χ0n) is 10.7. The smallest absolute Gasteiger partial charge is 0.133 e. The average molecular weight is 255 g/mol. The molecular weight excluding hydrogens is 236 g/mol. The van der Waals surface area contributed by atoms with E-state index in [1.165, 1.54) is 5.56 Å². The molecule has 0 aliphatic carbocycles. The van der Waals surface area contributed by atoms with Crippen LogP contribution in [0.5, 0.6) is 0 Å². The van der Waals surface area contributed by atoms with Gasteiger partial charge < -0.3 is 9.64 Å². The molecule has 1 aliphatic rings. The number of rotatable bonds is 3. The van der Waals surface area contributed by atoms with Gasteiger partial charge in [-0.05, 0) is 31.9 Å². The summed E-state index contributed by atoms with van der Waals surface area (Å²) in [5.41, 5.74) is 3.42. The summed E-state index contributed by atoms with van der Waals surface area (Å²) in [6.45, 7) is 6.03. The maximum absolute atomic E-state index is 6.04. The Hall–Kier alpha value is -0.800. The number of hydrogen-bond acceptors (Lipinski definition) is 3. The minimum Gasteiger partial charge on any atom is -0.380 e. The molecule has 0 bridgehead atoms. The fourth-order valence-corrected chi connectivity index (χ4v) is 2.71. The van der Waals surface area contributed by atoms with E-state index in [1.54, 1.807) is 7.11 Å². The number of ether oxygens (including phenoxy) is 1. The van der Waals surface area contributed by atoms with Crippen LogP contribution in [0.15, 0.2) is 6.07 Å². The molecule has 1 atom stereocenters. The van der Waals surface area contributed by atoms with Crippen molar-refractivity contribution in [1.82, 2.24) is 4.98 Å². The molecule has 0 saturated carbocycles. The molecule has 1 aromatic rings. The first kappa shape index (κ1) is 12.7. The maximum Gasteiger partial charge on any atom is 0.133 e. The Morgan fingerprint density at radius 2 is 2.29 bits per heavy atom. The fraction of sp³-hybridized carbons (Fsp3) is 0.615. The molecule has 3 nitrogen and oxygen atoms in total. The Kier molecular flexibility index (Phi) is 3.89. The van der Waals surface area contributed by atoms with Crippen LogP contribution in [0.4, 0.5) is 5.82 Å². The van der Waals surface area contributed by atoms with Crippen molar-refractivity contribution in [3.63, 3.8) is 0 Å². The van der Waals surface area contributed by atoms with Gasteiger partial charge >= 0.3 is 0 Å². The quantitative estimate of drug-likeness (QED) is 0.776. The number of methoxy groups -OCH3 is 1. The summed E-state index contributed by atoms with van der Waals surface area (Å²) < 4.78 is 5.39. The summed E-state index contributed by atoms with van der Waals surface area (Å²) in [6.07, 6.45) is 1.38. The molecular formula is C13H19ClN2O. The van der Waals surface area contributed by atoms with Gasteiger partial charge in [-0.3, -0.25) is 0 Å². The second-order valence-electron chi connectivity index (χ2n) is 4.61. The van der Waals surface area contributed by atoms with Crippen molar-refractivity contribution in [2.24, 2.45) is 0 Å². The molecule has 0 aromatic carbocycles. The lowest BCUT2D eigenvalue weighted by atomic mass is 10.1. The van der Waals surface area contributed by atoms with Crippen molar-refractivity contribution >= 4 is 17.4 Å². The standard InChI is InChI=1S/C13H19ClN2O/c1-9-6-10(2)15-13(12(9)7-14)16-5-4-11(8-16)17-3/h6,11H,4-5,7-8H2,1-3H3. The Bertz CT molecular complexity index is 409. The first-order chi connectivity index (χ1) is 8.15. The predicted molar refractivity (Wildman–Crippen MR) is 70.9 cm³/mol. The van der Waals surface area contributed by atoms with E-state index in [1.807, 2.05) is 6.92 Å². The third kappa shape index (κ3) is 2.55. The molecule has 0 N–H and O–H groups in total. The lowest BCUT2D eigenvalue weighted by molar-refractivity contribution is 0.121. The van der Waals surface area contributed by atoms with E-state index in [9.17, 15) is 0 Å². The minimum absolute atomic E-state index is 0.320. The number of anilines is 1. The molecule has 0 spiro atoms. The second-order valence-corrected chi connectivity index (χ2v) is 4.88. The SMILES string of the molecule is COC1CCN(c2nc(C)cc(C)c2CCl)C1. The average Bonchev–Trinajstić information content (AvgIpc) is 2.76. The Morgan fingerprint density at radius 1 is 1.53 bits per heavy atom. The highest BCUT2D eigenvalue weighted by molar-refractivity contribution is 6.17. The molecule has 17 heavy (non-hydrogen) atoms. The van der Waals surface area contributed by atoms with E-state index in [-0.39, 0.29) is 0 Å². The molecule has 1 aromatic heterocycles. The van der Waals surface area contributed by atoms with Crippen molar-refractivity contribution < 1.29 is 4.74 Å². The van der Waals surface area contributed by atoms with Gasteiger partial charge in [0.2, 0.25) is 0 Å². The third-order valence-electron chi connectivity index (χ3n) is 3.37. The van der Waals surface area contributed by atoms with Crippen molar-refractivity contribution in [1.29, 1.82) is 0 Å². The van der Waals surface area contributed by atoms with Crippen LogP contribution in [0.3, 0.4) is 0 Å². The zero-order chi connectivity index (χ0) is 12.4. The van der Waals surface area contributed by atoms with Gasteiger partial charge in [0, 0.05) is 31.5 Å². The van der Waals surface area contributed by atoms with Gasteiger partial charge in [-0.15, -0.1) is 11.6 Å². The molecule has 2 heterocycles. The fourth-order valence-electron chi connectivity index (χ4n) is 2.38. The topological polar surface area (TPSA) is 25.4 Å². The highest BCUT2D eigenvalue weighted by atomic mass is 35.5. The van der Waals surface area contributed by atoms with E-state index in [2.05, 4.69) is 22.9 Å². The number of halogens is 1. The molecule has 94 valence electrons. The summed E-state index contributed by atoms with van der Waals surface area (Å²) in [5, 5.41) is 0. The van der Waals surface area contributed by atoms with Gasteiger partial charge in [0.15, 0.2) is 0 Å². The molecule has 1 unspecified atom stereocenters. The molecule has 0 amide bonds. The molecule has 1 fully saturated rings. The highest BCUT2D eigenvalue weighted by Crippen LogP contribution is 2.27. The van der Waals surface area contributed by atoms with Gasteiger partial charge in [-0.2, -0.15) is 0 Å². The van der Waals surface area contributed by atoms with Crippen LogP contribution in [0.25, 0.3) is 0 Å². The van der Waals surface area contributed by atoms with Gasteiger partial charge in [0.1, 0.15) is 5.82 Å². The number of aryl methyl sites for hydroxylation is 2. The number of aromatic nitrogens is 1. The lowest BCUT2D eigenvalue weighted by Crippen LogP contribution is -2.24. The van der Waals surface area contributed by atoms with E-state index in [0.29, 0.717) is 12.0 Å². The summed E-state index contributed by atoms with van der Waals surface area (Å²) in [4.78, 5) is 6.93. The largest absolute Gasteiger partial charge is 0.380 e. The highest BCUT2D eigenvalue weighted by Gasteiger charge is 2.25. The molecule has 2 rings (SSSR count). The first-order valence-corrected chi connectivity index (χ1v) is 6.50. The number of hydrogen-bond donors (Lipinski definition) is 0. The Balaban J connectivity index is 2.31. The summed E-state index contributed by atoms with van der Waals surface area (Å²) in [5.74, 6) is 1.56. The normalized spacial score (nSPS) is 20.0. The van der Waals surface area contributed by atoms with Crippen LogP contribution in [-0.2, 0) is 10.6 Å². The van der Waals surface area contributed by atoms with Crippen LogP contribution in [0.1, 0.15) is 23.2 Å². The number of nitrogens with zero attached hydrogens (tertiary/aromatic N) is 2. The summed E-state index contributed by atoms with van der Waals surface area (Å²) in [7, 11) is 1.77.